The maximum absolute atomic E-state index is 12.3. The molecule has 1 aromatic carbocycles. The van der Waals surface area contributed by atoms with Crippen LogP contribution < -0.4 is 20.7 Å². The van der Waals surface area contributed by atoms with Gasteiger partial charge in [0, 0.05) is 37.5 Å². The van der Waals surface area contributed by atoms with Crippen molar-refractivity contribution in [2.24, 2.45) is 0 Å². The van der Waals surface area contributed by atoms with E-state index in [4.69, 9.17) is 4.74 Å². The van der Waals surface area contributed by atoms with Gasteiger partial charge in [-0.15, -0.1) is 0 Å². The van der Waals surface area contributed by atoms with Crippen molar-refractivity contribution in [1.29, 1.82) is 0 Å². The van der Waals surface area contributed by atoms with Crippen molar-refractivity contribution >= 4 is 11.9 Å². The number of aryl methyl sites for hydroxylation is 1. The van der Waals surface area contributed by atoms with Crippen LogP contribution in [0.1, 0.15) is 47.8 Å². The fourth-order valence-electron chi connectivity index (χ4n) is 3.25. The van der Waals surface area contributed by atoms with Gasteiger partial charge >= 0.3 is 6.03 Å². The highest BCUT2D eigenvalue weighted by Crippen LogP contribution is 2.39. The summed E-state index contributed by atoms with van der Waals surface area (Å²) < 4.78 is 6.05. The van der Waals surface area contributed by atoms with E-state index in [1.165, 1.54) is 6.20 Å². The molecule has 0 aliphatic carbocycles. The van der Waals surface area contributed by atoms with E-state index in [2.05, 4.69) is 20.9 Å². The quantitative estimate of drug-likeness (QED) is 0.694. The van der Waals surface area contributed by atoms with Crippen molar-refractivity contribution in [3.63, 3.8) is 0 Å². The first-order chi connectivity index (χ1) is 13.3. The van der Waals surface area contributed by atoms with Crippen molar-refractivity contribution in [2.75, 3.05) is 13.1 Å². The smallest absolute Gasteiger partial charge is 0.315 e. The first-order valence-corrected chi connectivity index (χ1v) is 9.36. The minimum Gasteiger partial charge on any atom is -0.487 e. The zero-order valence-corrected chi connectivity index (χ0v) is 16.4. The molecule has 2 heterocycles. The number of carbonyl (C=O) groups excluding carboxylic acids is 2. The third-order valence-electron chi connectivity index (χ3n) is 4.55. The topological polar surface area (TPSA) is 92.4 Å². The second kappa shape index (κ2) is 8.29. The minimum atomic E-state index is -0.365. The van der Waals surface area contributed by atoms with Gasteiger partial charge in [0.05, 0.1) is 11.6 Å². The number of ether oxygens (including phenoxy) is 1. The summed E-state index contributed by atoms with van der Waals surface area (Å²) in [5, 5.41) is 8.55. The van der Waals surface area contributed by atoms with E-state index in [9.17, 15) is 9.59 Å². The van der Waals surface area contributed by atoms with Crippen LogP contribution in [0.2, 0.25) is 0 Å². The molecule has 1 aromatic heterocycles. The van der Waals surface area contributed by atoms with Gasteiger partial charge in [0.15, 0.2) is 0 Å². The summed E-state index contributed by atoms with van der Waals surface area (Å²) in [5.74, 6) is 0.594. The summed E-state index contributed by atoms with van der Waals surface area (Å²) in [6, 6.07) is 9.00. The molecule has 7 nitrogen and oxygen atoms in total. The number of amides is 3. The van der Waals surface area contributed by atoms with Crippen molar-refractivity contribution in [1.82, 2.24) is 20.9 Å². The van der Waals surface area contributed by atoms with Gasteiger partial charge in [-0.2, -0.15) is 0 Å². The molecule has 28 heavy (non-hydrogen) atoms. The van der Waals surface area contributed by atoms with Crippen molar-refractivity contribution in [2.45, 2.75) is 38.8 Å². The average molecular weight is 382 g/mol. The molecule has 3 N–H and O–H groups in total. The van der Waals surface area contributed by atoms with Crippen molar-refractivity contribution < 1.29 is 14.3 Å². The molecule has 7 heteroatoms. The maximum atomic E-state index is 12.3. The van der Waals surface area contributed by atoms with Crippen LogP contribution in [0.5, 0.6) is 5.75 Å². The lowest BCUT2D eigenvalue weighted by Gasteiger charge is -2.38. The summed E-state index contributed by atoms with van der Waals surface area (Å²) in [6.45, 7) is 6.69. The molecule has 3 amide bonds. The SMILES string of the molecule is Cc1ccc2c(c1)OC(C)(C)C[C@H]2NC(=O)NCCNC(=O)c1cccnc1. The Kier molecular flexibility index (Phi) is 5.82. The molecule has 0 fully saturated rings. The zero-order valence-electron chi connectivity index (χ0n) is 16.4. The average Bonchev–Trinajstić information content (AvgIpc) is 2.64. The lowest BCUT2D eigenvalue weighted by molar-refractivity contribution is 0.0678. The Bertz CT molecular complexity index is 852. The lowest BCUT2D eigenvalue weighted by atomic mass is 9.89. The number of nitrogens with zero attached hydrogens (tertiary/aromatic N) is 1. The van der Waals surface area contributed by atoms with Crippen LogP contribution in [0, 0.1) is 6.92 Å². The minimum absolute atomic E-state index is 0.135. The maximum Gasteiger partial charge on any atom is 0.315 e. The molecule has 1 atom stereocenters. The highest BCUT2D eigenvalue weighted by atomic mass is 16.5. The molecule has 148 valence electrons. The van der Waals surface area contributed by atoms with Crippen LogP contribution in [0.4, 0.5) is 4.79 Å². The molecular formula is C21H26N4O3. The highest BCUT2D eigenvalue weighted by Gasteiger charge is 2.34. The standard InChI is InChI=1S/C21H26N4O3/c1-14-6-7-16-17(12-21(2,3)28-18(16)11-14)25-20(27)24-10-9-23-19(26)15-5-4-8-22-13-15/h4-8,11,13,17H,9-10,12H2,1-3H3,(H,23,26)(H2,24,25,27)/t17-/m1/s1. The van der Waals surface area contributed by atoms with E-state index in [-0.39, 0.29) is 23.6 Å². The van der Waals surface area contributed by atoms with Crippen LogP contribution in [0.25, 0.3) is 0 Å². The molecule has 1 aliphatic heterocycles. The molecule has 2 aromatic rings. The molecule has 0 bridgehead atoms. The number of rotatable bonds is 5. The van der Waals surface area contributed by atoms with Gasteiger partial charge in [0.2, 0.25) is 0 Å². The van der Waals surface area contributed by atoms with E-state index in [1.54, 1.807) is 18.3 Å². The fraction of sp³-hybridized carbons (Fsp3) is 0.381. The van der Waals surface area contributed by atoms with Crippen LogP contribution in [-0.2, 0) is 0 Å². The largest absolute Gasteiger partial charge is 0.487 e. The third kappa shape index (κ3) is 5.00. The third-order valence-corrected chi connectivity index (χ3v) is 4.55. The van der Waals surface area contributed by atoms with Gasteiger partial charge in [0.1, 0.15) is 11.4 Å². The molecular weight excluding hydrogens is 356 g/mol. The monoisotopic (exact) mass is 382 g/mol. The van der Waals surface area contributed by atoms with Crippen molar-refractivity contribution in [3.05, 3.63) is 59.4 Å². The second-order valence-electron chi connectivity index (χ2n) is 7.56. The van der Waals surface area contributed by atoms with Gasteiger partial charge < -0.3 is 20.7 Å². The van der Waals surface area contributed by atoms with Gasteiger partial charge in [-0.05, 0) is 44.5 Å². The van der Waals surface area contributed by atoms with Gasteiger partial charge in [-0.25, -0.2) is 4.79 Å². The van der Waals surface area contributed by atoms with E-state index in [0.717, 1.165) is 16.9 Å². The molecule has 1 aliphatic rings. The Morgan fingerprint density at radius 1 is 1.21 bits per heavy atom. The lowest BCUT2D eigenvalue weighted by Crippen LogP contribution is -2.46. The Labute approximate surface area is 164 Å². The summed E-state index contributed by atoms with van der Waals surface area (Å²) in [7, 11) is 0. The van der Waals surface area contributed by atoms with Gasteiger partial charge in [-0.3, -0.25) is 9.78 Å². The molecule has 0 spiro atoms. The Morgan fingerprint density at radius 3 is 2.75 bits per heavy atom. The molecule has 0 saturated heterocycles. The van der Waals surface area contributed by atoms with Crippen LogP contribution >= 0.6 is 0 Å². The number of pyridine rings is 1. The molecule has 3 rings (SSSR count). The van der Waals surface area contributed by atoms with Crippen molar-refractivity contribution in [3.8, 4) is 5.75 Å². The van der Waals surface area contributed by atoms with E-state index < -0.39 is 0 Å². The first kappa shape index (κ1) is 19.7. The number of urea groups is 1. The summed E-state index contributed by atoms with van der Waals surface area (Å²) in [6.07, 6.45) is 3.79. The number of fused-ring (bicyclic) bond motifs is 1. The highest BCUT2D eigenvalue weighted by molar-refractivity contribution is 5.93. The van der Waals surface area contributed by atoms with Crippen LogP contribution in [0.15, 0.2) is 42.7 Å². The number of benzene rings is 1. The van der Waals surface area contributed by atoms with E-state index in [0.29, 0.717) is 25.1 Å². The summed E-state index contributed by atoms with van der Waals surface area (Å²) in [4.78, 5) is 28.2. The second-order valence-corrected chi connectivity index (χ2v) is 7.56. The number of carbonyl (C=O) groups is 2. The van der Waals surface area contributed by atoms with Gasteiger partial charge in [-0.1, -0.05) is 12.1 Å². The Hall–Kier alpha value is -3.09. The Morgan fingerprint density at radius 2 is 2.00 bits per heavy atom. The summed E-state index contributed by atoms with van der Waals surface area (Å²) in [5.41, 5.74) is 2.22. The predicted octanol–water partition coefficient (Wildman–Crippen LogP) is 2.72. The molecule has 0 saturated carbocycles. The number of nitrogens with one attached hydrogen (secondary N) is 3. The van der Waals surface area contributed by atoms with Gasteiger partial charge in [0.25, 0.3) is 5.91 Å². The fourth-order valence-corrected chi connectivity index (χ4v) is 3.25. The normalized spacial score (nSPS) is 17.0. The Balaban J connectivity index is 1.50. The van der Waals surface area contributed by atoms with Crippen LogP contribution in [0.3, 0.4) is 0 Å². The number of hydrogen-bond donors (Lipinski definition) is 3. The predicted molar refractivity (Wildman–Crippen MR) is 106 cm³/mol. The van der Waals surface area contributed by atoms with E-state index in [1.807, 2.05) is 39.0 Å². The van der Waals surface area contributed by atoms with Crippen LogP contribution in [-0.4, -0.2) is 35.6 Å². The number of hydrogen-bond acceptors (Lipinski definition) is 4. The zero-order chi connectivity index (χ0) is 20.1. The molecule has 0 unspecified atom stereocenters. The number of aromatic nitrogens is 1. The molecule has 0 radical (unpaired) electrons. The summed E-state index contributed by atoms with van der Waals surface area (Å²) >= 11 is 0. The first-order valence-electron chi connectivity index (χ1n) is 9.36. The van der Waals surface area contributed by atoms with E-state index >= 15 is 0 Å².